The first kappa shape index (κ1) is 22.9. The second-order valence-corrected chi connectivity index (χ2v) is 11.3. The van der Waals surface area contributed by atoms with Crippen molar-refractivity contribution in [3.8, 4) is 0 Å². The third kappa shape index (κ3) is 3.02. The molecule has 0 bridgehead atoms. The normalized spacial score (nSPS) is 24.1. The number of benzene rings is 1. The summed E-state index contributed by atoms with van der Waals surface area (Å²) in [5, 5.41) is 2.10. The summed E-state index contributed by atoms with van der Waals surface area (Å²) in [6.07, 6.45) is 3.77. The highest BCUT2D eigenvalue weighted by molar-refractivity contribution is 7.17. The van der Waals surface area contributed by atoms with Crippen molar-refractivity contribution in [1.29, 1.82) is 0 Å². The molecule has 5 heterocycles. The van der Waals surface area contributed by atoms with E-state index in [1.54, 1.807) is 19.1 Å². The number of imide groups is 1. The van der Waals surface area contributed by atoms with Gasteiger partial charge in [0, 0.05) is 11.1 Å². The molecule has 9 heteroatoms. The van der Waals surface area contributed by atoms with Crippen LogP contribution in [-0.4, -0.2) is 41.6 Å². The molecule has 3 aliphatic heterocycles. The third-order valence-electron chi connectivity index (χ3n) is 7.45. The van der Waals surface area contributed by atoms with Gasteiger partial charge < -0.3 is 9.64 Å². The zero-order valence-corrected chi connectivity index (χ0v) is 21.4. The number of ketones is 1. The molecule has 182 valence electrons. The van der Waals surface area contributed by atoms with E-state index < -0.39 is 41.7 Å². The van der Waals surface area contributed by atoms with Crippen molar-refractivity contribution >= 4 is 57.3 Å². The molecule has 3 aromatic rings. The maximum absolute atomic E-state index is 14.1. The maximum Gasteiger partial charge on any atom is 0.341 e. The Morgan fingerprint density at radius 3 is 2.47 bits per heavy atom. The summed E-state index contributed by atoms with van der Waals surface area (Å²) >= 11 is 2.55. The summed E-state index contributed by atoms with van der Waals surface area (Å²) in [7, 11) is 1.28. The lowest BCUT2D eigenvalue weighted by molar-refractivity contribution is -0.123. The number of fused-ring (bicyclic) bond motifs is 5. The van der Waals surface area contributed by atoms with E-state index in [0.29, 0.717) is 10.4 Å². The van der Waals surface area contributed by atoms with E-state index in [9.17, 15) is 19.2 Å². The molecule has 36 heavy (non-hydrogen) atoms. The smallest absolute Gasteiger partial charge is 0.341 e. The van der Waals surface area contributed by atoms with Gasteiger partial charge in [0.05, 0.1) is 35.4 Å². The zero-order chi connectivity index (χ0) is 25.3. The second-order valence-electron chi connectivity index (χ2n) is 9.14. The van der Waals surface area contributed by atoms with E-state index in [0.717, 1.165) is 20.9 Å². The lowest BCUT2D eigenvalue weighted by Gasteiger charge is -2.35. The van der Waals surface area contributed by atoms with Gasteiger partial charge in [-0.15, -0.1) is 22.7 Å². The Morgan fingerprint density at radius 2 is 1.75 bits per heavy atom. The highest BCUT2D eigenvalue weighted by Gasteiger charge is 2.65. The number of thiophene rings is 2. The first-order valence-corrected chi connectivity index (χ1v) is 13.2. The minimum Gasteiger partial charge on any atom is -0.465 e. The number of esters is 1. The van der Waals surface area contributed by atoms with Crippen LogP contribution in [0.2, 0.25) is 0 Å². The van der Waals surface area contributed by atoms with Crippen LogP contribution in [0.4, 0.5) is 5.00 Å². The number of aryl methyl sites for hydroxylation is 1. The Bertz CT molecular complexity index is 1470. The molecule has 2 saturated heterocycles. The maximum atomic E-state index is 14.1. The lowest BCUT2D eigenvalue weighted by Crippen LogP contribution is -2.44. The van der Waals surface area contributed by atoms with Gasteiger partial charge in [0.2, 0.25) is 11.8 Å². The van der Waals surface area contributed by atoms with Crippen molar-refractivity contribution in [3.63, 3.8) is 0 Å². The topological polar surface area (TPSA) is 84.0 Å². The molecule has 4 atom stereocenters. The van der Waals surface area contributed by atoms with Gasteiger partial charge in [0.15, 0.2) is 5.78 Å². The van der Waals surface area contributed by atoms with Crippen LogP contribution in [0.5, 0.6) is 0 Å². The number of Topliss-reactive ketones (excluding diaryl/α,β-unsaturated/α-hetero) is 1. The molecule has 2 fully saturated rings. The van der Waals surface area contributed by atoms with Gasteiger partial charge in [-0.05, 0) is 48.1 Å². The molecule has 0 N–H and O–H groups in total. The minimum absolute atomic E-state index is 0.179. The van der Waals surface area contributed by atoms with Crippen LogP contribution in [0.1, 0.15) is 47.6 Å². The average Bonchev–Trinajstić information content (AvgIpc) is 3.64. The van der Waals surface area contributed by atoms with E-state index in [-0.39, 0.29) is 16.3 Å². The van der Waals surface area contributed by atoms with E-state index in [1.807, 2.05) is 53.7 Å². The number of methoxy groups -OCH3 is 1. The highest BCUT2D eigenvalue weighted by atomic mass is 32.1. The van der Waals surface area contributed by atoms with Gasteiger partial charge in [-0.3, -0.25) is 14.4 Å². The van der Waals surface area contributed by atoms with Crippen LogP contribution in [0.25, 0.3) is 6.08 Å². The molecule has 0 aliphatic carbocycles. The predicted molar refractivity (Wildman–Crippen MR) is 137 cm³/mol. The Labute approximate surface area is 215 Å². The Balaban J connectivity index is 1.52. The number of ether oxygens (including phenoxy) is 1. The molecule has 3 aliphatic rings. The molecule has 1 aromatic carbocycles. The number of hydrogen-bond acceptors (Lipinski definition) is 8. The number of rotatable bonds is 4. The van der Waals surface area contributed by atoms with Crippen molar-refractivity contribution in [3.05, 3.63) is 80.0 Å². The SMILES string of the molecule is COC(=O)c1c(N2C(=O)[C@@H]3[C@@H](C2=O)[C@H]2c4ccccc4C=CN2[C@@H]3C(=O)c2cccs2)sc(C)c1C. The molecule has 7 nitrogen and oxygen atoms in total. The van der Waals surface area contributed by atoms with E-state index in [2.05, 4.69) is 0 Å². The van der Waals surface area contributed by atoms with Gasteiger partial charge in [0.1, 0.15) is 11.0 Å². The van der Waals surface area contributed by atoms with Crippen molar-refractivity contribution in [2.45, 2.75) is 25.9 Å². The summed E-state index contributed by atoms with van der Waals surface area (Å²) < 4.78 is 4.98. The quantitative estimate of drug-likeness (QED) is 0.285. The van der Waals surface area contributed by atoms with Crippen molar-refractivity contribution < 1.29 is 23.9 Å². The van der Waals surface area contributed by atoms with Gasteiger partial charge in [-0.25, -0.2) is 9.69 Å². The molecule has 0 radical (unpaired) electrons. The first-order chi connectivity index (χ1) is 17.3. The van der Waals surface area contributed by atoms with Crippen LogP contribution < -0.4 is 4.90 Å². The fraction of sp³-hybridized carbons (Fsp3) is 0.259. The number of anilines is 1. The Morgan fingerprint density at radius 1 is 1.00 bits per heavy atom. The average molecular weight is 519 g/mol. The lowest BCUT2D eigenvalue weighted by atomic mass is 9.84. The monoisotopic (exact) mass is 518 g/mol. The molecular weight excluding hydrogens is 496 g/mol. The van der Waals surface area contributed by atoms with E-state index >= 15 is 0 Å². The van der Waals surface area contributed by atoms with E-state index in [4.69, 9.17) is 4.74 Å². The molecule has 2 amide bonds. The summed E-state index contributed by atoms with van der Waals surface area (Å²) in [4.78, 5) is 59.0. The number of nitrogens with zero attached hydrogens (tertiary/aromatic N) is 2. The molecule has 0 spiro atoms. The van der Waals surface area contributed by atoms with Crippen LogP contribution >= 0.6 is 22.7 Å². The van der Waals surface area contributed by atoms with Crippen molar-refractivity contribution in [2.24, 2.45) is 11.8 Å². The van der Waals surface area contributed by atoms with E-state index in [1.165, 1.54) is 29.8 Å². The minimum atomic E-state index is -0.874. The molecule has 6 rings (SSSR count). The van der Waals surface area contributed by atoms with Gasteiger partial charge in [-0.1, -0.05) is 30.3 Å². The highest BCUT2D eigenvalue weighted by Crippen LogP contribution is 2.55. The zero-order valence-electron chi connectivity index (χ0n) is 19.8. The van der Waals surface area contributed by atoms with Crippen molar-refractivity contribution in [2.75, 3.05) is 12.0 Å². The summed E-state index contributed by atoms with van der Waals surface area (Å²) in [5.41, 5.74) is 2.77. The standard InChI is InChI=1S/C27H22N2O5S2/c1-13-14(2)36-26(18(13)27(33)34-3)29-24(31)19-20(25(29)32)22(23(30)17-9-6-12-35-17)28-11-10-15-7-4-5-8-16(15)21(19)28/h4-12,19-22H,1-3H3/t19-,20-,21-,22+/m1/s1. The van der Waals surface area contributed by atoms with Crippen LogP contribution in [0.15, 0.2) is 48.0 Å². The summed E-state index contributed by atoms with van der Waals surface area (Å²) in [6, 6.07) is 10.0. The molecule has 2 aromatic heterocycles. The summed E-state index contributed by atoms with van der Waals surface area (Å²) in [6.45, 7) is 3.62. The second kappa shape index (κ2) is 8.25. The van der Waals surface area contributed by atoms with Crippen LogP contribution in [0.3, 0.4) is 0 Å². The fourth-order valence-electron chi connectivity index (χ4n) is 5.73. The Kier molecular flexibility index (Phi) is 5.24. The largest absolute Gasteiger partial charge is 0.465 e. The van der Waals surface area contributed by atoms with Crippen LogP contribution in [-0.2, 0) is 14.3 Å². The molecular formula is C27H22N2O5S2. The van der Waals surface area contributed by atoms with Gasteiger partial charge >= 0.3 is 5.97 Å². The van der Waals surface area contributed by atoms with Crippen molar-refractivity contribution in [1.82, 2.24) is 4.90 Å². The molecule has 0 saturated carbocycles. The van der Waals surface area contributed by atoms with Gasteiger partial charge in [-0.2, -0.15) is 0 Å². The number of carbonyl (C=O) groups excluding carboxylic acids is 4. The predicted octanol–water partition coefficient (Wildman–Crippen LogP) is 4.61. The van der Waals surface area contributed by atoms with Crippen LogP contribution in [0, 0.1) is 25.7 Å². The van der Waals surface area contributed by atoms with Gasteiger partial charge in [0.25, 0.3) is 0 Å². The first-order valence-electron chi connectivity index (χ1n) is 11.5. The summed E-state index contributed by atoms with van der Waals surface area (Å²) in [5.74, 6) is -3.25. The third-order valence-corrected chi connectivity index (χ3v) is 9.53. The number of carbonyl (C=O) groups is 4. The number of hydrogen-bond donors (Lipinski definition) is 0. The fourth-order valence-corrected chi connectivity index (χ4v) is 7.58. The number of amides is 2. The Hall–Kier alpha value is -3.56. The molecule has 0 unspecified atom stereocenters.